The molecular formula is C16H24ClIN2O. The summed E-state index contributed by atoms with van der Waals surface area (Å²) in [6, 6.07) is 5.98. The molecule has 5 heteroatoms. The lowest BCUT2D eigenvalue weighted by Crippen LogP contribution is -2.41. The Morgan fingerprint density at radius 1 is 1.38 bits per heavy atom. The summed E-state index contributed by atoms with van der Waals surface area (Å²) >= 11 is 2.28. The Hall–Kier alpha value is -0.330. The molecule has 0 saturated carbocycles. The van der Waals surface area contributed by atoms with Crippen LogP contribution in [-0.4, -0.2) is 37.0 Å². The number of likely N-dealkylation sites (tertiary alicyclic amines) is 1. The first-order chi connectivity index (χ1) is 9.63. The van der Waals surface area contributed by atoms with Gasteiger partial charge in [-0.25, -0.2) is 0 Å². The predicted molar refractivity (Wildman–Crippen MR) is 98.3 cm³/mol. The standard InChI is InChI=1S/C16H23IN2O.ClH/c1-3-18-11-13-7-9-19(10-8-13)16(20)14-6-4-5-12(2)15(14)17;/h4-6,13,18H,3,7-11H2,1-2H3;1H. The molecule has 1 aromatic carbocycles. The number of carbonyl (C=O) groups is 1. The second-order valence-corrected chi connectivity index (χ2v) is 6.56. The molecule has 118 valence electrons. The fourth-order valence-electron chi connectivity index (χ4n) is 2.67. The predicted octanol–water partition coefficient (Wildman–Crippen LogP) is 3.48. The maximum atomic E-state index is 12.6. The van der Waals surface area contributed by atoms with Crippen LogP contribution in [0.15, 0.2) is 18.2 Å². The Morgan fingerprint density at radius 3 is 2.67 bits per heavy atom. The van der Waals surface area contributed by atoms with Crippen LogP contribution < -0.4 is 5.32 Å². The first-order valence-electron chi connectivity index (χ1n) is 7.38. The van der Waals surface area contributed by atoms with E-state index < -0.39 is 0 Å². The van der Waals surface area contributed by atoms with Gasteiger partial charge in [-0.3, -0.25) is 4.79 Å². The van der Waals surface area contributed by atoms with Gasteiger partial charge in [-0.15, -0.1) is 12.4 Å². The maximum Gasteiger partial charge on any atom is 0.254 e. The molecule has 1 heterocycles. The monoisotopic (exact) mass is 422 g/mol. The maximum absolute atomic E-state index is 12.6. The van der Waals surface area contributed by atoms with Crippen LogP contribution >= 0.6 is 35.0 Å². The molecule has 1 amide bonds. The molecule has 1 fully saturated rings. The van der Waals surface area contributed by atoms with Gasteiger partial charge >= 0.3 is 0 Å². The van der Waals surface area contributed by atoms with E-state index >= 15 is 0 Å². The van der Waals surface area contributed by atoms with Crippen molar-refractivity contribution in [3.63, 3.8) is 0 Å². The number of halogens is 2. The lowest BCUT2D eigenvalue weighted by Gasteiger charge is -2.32. The van der Waals surface area contributed by atoms with E-state index in [9.17, 15) is 4.79 Å². The molecule has 0 spiro atoms. The summed E-state index contributed by atoms with van der Waals surface area (Å²) in [6.45, 7) is 8.08. The van der Waals surface area contributed by atoms with Crippen molar-refractivity contribution in [2.24, 2.45) is 5.92 Å². The number of benzene rings is 1. The lowest BCUT2D eigenvalue weighted by atomic mass is 9.96. The minimum Gasteiger partial charge on any atom is -0.339 e. The van der Waals surface area contributed by atoms with Gasteiger partial charge in [0.05, 0.1) is 5.56 Å². The normalized spacial score (nSPS) is 15.7. The highest BCUT2D eigenvalue weighted by molar-refractivity contribution is 14.1. The van der Waals surface area contributed by atoms with Gasteiger partial charge < -0.3 is 10.2 Å². The van der Waals surface area contributed by atoms with Crippen LogP contribution in [0.1, 0.15) is 35.7 Å². The Labute approximate surface area is 147 Å². The molecule has 3 nitrogen and oxygen atoms in total. The highest BCUT2D eigenvalue weighted by Gasteiger charge is 2.24. The van der Waals surface area contributed by atoms with Gasteiger partial charge in [0.1, 0.15) is 0 Å². The number of nitrogens with one attached hydrogen (secondary N) is 1. The molecule has 0 unspecified atom stereocenters. The van der Waals surface area contributed by atoms with Gasteiger partial charge in [-0.2, -0.15) is 0 Å². The third-order valence-electron chi connectivity index (χ3n) is 4.01. The molecule has 0 atom stereocenters. The average Bonchev–Trinajstić information content (AvgIpc) is 2.48. The van der Waals surface area contributed by atoms with E-state index in [4.69, 9.17) is 0 Å². The Kier molecular flexibility index (Phi) is 7.98. The van der Waals surface area contributed by atoms with Crippen LogP contribution in [0.25, 0.3) is 0 Å². The Morgan fingerprint density at radius 2 is 2.05 bits per heavy atom. The van der Waals surface area contributed by atoms with Crippen molar-refractivity contribution in [3.05, 3.63) is 32.9 Å². The molecule has 1 aromatic rings. The molecule has 1 aliphatic rings. The van der Waals surface area contributed by atoms with E-state index in [0.29, 0.717) is 0 Å². The second kappa shape index (κ2) is 8.96. The fourth-order valence-corrected chi connectivity index (χ4v) is 3.26. The van der Waals surface area contributed by atoms with E-state index in [1.807, 2.05) is 17.0 Å². The van der Waals surface area contributed by atoms with Crippen molar-refractivity contribution in [2.75, 3.05) is 26.2 Å². The summed E-state index contributed by atoms with van der Waals surface area (Å²) in [4.78, 5) is 14.6. The summed E-state index contributed by atoms with van der Waals surface area (Å²) in [5.74, 6) is 0.913. The fraction of sp³-hybridized carbons (Fsp3) is 0.562. The smallest absolute Gasteiger partial charge is 0.254 e. The van der Waals surface area contributed by atoms with E-state index in [0.717, 1.165) is 54.1 Å². The van der Waals surface area contributed by atoms with Gasteiger partial charge in [0, 0.05) is 16.7 Å². The molecule has 0 aliphatic carbocycles. The van der Waals surface area contributed by atoms with E-state index in [1.165, 1.54) is 5.56 Å². The van der Waals surface area contributed by atoms with Gasteiger partial charge in [0.2, 0.25) is 0 Å². The van der Waals surface area contributed by atoms with Crippen molar-refractivity contribution in [1.82, 2.24) is 10.2 Å². The largest absolute Gasteiger partial charge is 0.339 e. The number of amides is 1. The minimum atomic E-state index is 0. The molecule has 21 heavy (non-hydrogen) atoms. The Bertz CT molecular complexity index is 473. The van der Waals surface area contributed by atoms with Gasteiger partial charge in [0.15, 0.2) is 0 Å². The molecule has 0 aromatic heterocycles. The topological polar surface area (TPSA) is 32.3 Å². The van der Waals surface area contributed by atoms with E-state index in [-0.39, 0.29) is 18.3 Å². The molecule has 1 N–H and O–H groups in total. The third kappa shape index (κ3) is 4.83. The molecule has 2 rings (SSSR count). The SMILES string of the molecule is CCNCC1CCN(C(=O)c2cccc(C)c2I)CC1.Cl. The van der Waals surface area contributed by atoms with Crippen LogP contribution in [0.4, 0.5) is 0 Å². The third-order valence-corrected chi connectivity index (χ3v) is 5.44. The van der Waals surface area contributed by atoms with Crippen LogP contribution in [0, 0.1) is 16.4 Å². The van der Waals surface area contributed by atoms with Crippen molar-refractivity contribution in [1.29, 1.82) is 0 Å². The summed E-state index contributed by atoms with van der Waals surface area (Å²) in [6.07, 6.45) is 2.22. The number of hydrogen-bond donors (Lipinski definition) is 1. The Balaban J connectivity index is 0.00000220. The molecule has 0 radical (unpaired) electrons. The van der Waals surface area contributed by atoms with Gasteiger partial charge in [-0.05, 0) is 73.0 Å². The zero-order chi connectivity index (χ0) is 14.5. The molecule has 1 aliphatic heterocycles. The van der Waals surface area contributed by atoms with Crippen molar-refractivity contribution < 1.29 is 4.79 Å². The zero-order valence-corrected chi connectivity index (χ0v) is 15.7. The van der Waals surface area contributed by atoms with Crippen LogP contribution in [0.5, 0.6) is 0 Å². The van der Waals surface area contributed by atoms with E-state index in [2.05, 4.69) is 47.8 Å². The highest BCUT2D eigenvalue weighted by atomic mass is 127. The first kappa shape index (κ1) is 18.7. The van der Waals surface area contributed by atoms with E-state index in [1.54, 1.807) is 0 Å². The summed E-state index contributed by atoms with van der Waals surface area (Å²) in [5.41, 5.74) is 2.04. The summed E-state index contributed by atoms with van der Waals surface area (Å²) < 4.78 is 1.09. The van der Waals surface area contributed by atoms with Gasteiger partial charge in [-0.1, -0.05) is 19.1 Å². The minimum absolute atomic E-state index is 0. The van der Waals surface area contributed by atoms with Crippen LogP contribution in [-0.2, 0) is 0 Å². The van der Waals surface area contributed by atoms with Crippen LogP contribution in [0.2, 0.25) is 0 Å². The van der Waals surface area contributed by atoms with Crippen molar-refractivity contribution >= 4 is 40.9 Å². The summed E-state index contributed by atoms with van der Waals surface area (Å²) in [7, 11) is 0. The number of aryl methyl sites for hydroxylation is 1. The van der Waals surface area contributed by atoms with Crippen LogP contribution in [0.3, 0.4) is 0 Å². The summed E-state index contributed by atoms with van der Waals surface area (Å²) in [5, 5.41) is 3.41. The molecule has 0 bridgehead atoms. The van der Waals surface area contributed by atoms with Crippen molar-refractivity contribution in [3.8, 4) is 0 Å². The lowest BCUT2D eigenvalue weighted by molar-refractivity contribution is 0.0689. The molecule has 1 saturated heterocycles. The first-order valence-corrected chi connectivity index (χ1v) is 8.46. The number of piperidine rings is 1. The van der Waals surface area contributed by atoms with Gasteiger partial charge in [0.25, 0.3) is 5.91 Å². The average molecular weight is 423 g/mol. The number of rotatable bonds is 4. The molecular weight excluding hydrogens is 399 g/mol. The highest BCUT2D eigenvalue weighted by Crippen LogP contribution is 2.22. The number of carbonyl (C=O) groups excluding carboxylic acids is 1. The number of hydrogen-bond acceptors (Lipinski definition) is 2. The van der Waals surface area contributed by atoms with Crippen molar-refractivity contribution in [2.45, 2.75) is 26.7 Å². The second-order valence-electron chi connectivity index (χ2n) is 5.48. The zero-order valence-electron chi connectivity index (χ0n) is 12.7. The number of nitrogens with zero attached hydrogens (tertiary/aromatic N) is 1. The quantitative estimate of drug-likeness (QED) is 0.754.